The molecule has 0 aliphatic rings. The Morgan fingerprint density at radius 1 is 1.39 bits per heavy atom. The van der Waals surface area contributed by atoms with Crippen LogP contribution in [0.15, 0.2) is 38.0 Å². The smallest absolute Gasteiger partial charge is 0.184 e. The van der Waals surface area contributed by atoms with Gasteiger partial charge in [-0.25, -0.2) is 4.98 Å². The number of aryl methyl sites for hydroxylation is 1. The van der Waals surface area contributed by atoms with Crippen LogP contribution in [0.5, 0.6) is 0 Å². The first-order chi connectivity index (χ1) is 8.58. The van der Waals surface area contributed by atoms with Crippen molar-refractivity contribution in [3.63, 3.8) is 0 Å². The Kier molecular flexibility index (Phi) is 2.71. The lowest BCUT2D eigenvalue weighted by molar-refractivity contribution is 0.552. The van der Waals surface area contributed by atoms with E-state index in [-0.39, 0.29) is 0 Å². The maximum Gasteiger partial charge on any atom is 0.184 e. The second kappa shape index (κ2) is 4.13. The molecule has 0 atom stereocenters. The zero-order valence-electron chi connectivity index (χ0n) is 9.45. The van der Waals surface area contributed by atoms with E-state index < -0.39 is 0 Å². The molecule has 0 amide bonds. The Morgan fingerprint density at radius 2 is 2.17 bits per heavy atom. The highest BCUT2D eigenvalue weighted by Crippen LogP contribution is 2.35. The standard InChI is InChI=1S/C12H9Br2N3O/c1-6-3-2-4-17-11(15)9(16-12(6)17)8-5-7(13)10(14)18-8/h2-5H,15H2,1H3. The highest BCUT2D eigenvalue weighted by atomic mass is 79.9. The number of anilines is 1. The Hall–Kier alpha value is -1.27. The molecule has 4 nitrogen and oxygen atoms in total. The van der Waals surface area contributed by atoms with Crippen molar-refractivity contribution in [1.29, 1.82) is 0 Å². The molecule has 0 saturated heterocycles. The summed E-state index contributed by atoms with van der Waals surface area (Å²) in [7, 11) is 0. The number of nitrogen functional groups attached to an aromatic ring is 1. The molecule has 0 spiro atoms. The normalized spacial score (nSPS) is 11.3. The van der Waals surface area contributed by atoms with Crippen LogP contribution in [-0.4, -0.2) is 9.38 Å². The second-order valence-electron chi connectivity index (χ2n) is 3.96. The van der Waals surface area contributed by atoms with Gasteiger partial charge in [0.25, 0.3) is 0 Å². The van der Waals surface area contributed by atoms with Crippen molar-refractivity contribution in [2.75, 3.05) is 5.73 Å². The maximum atomic E-state index is 6.11. The van der Waals surface area contributed by atoms with E-state index in [0.29, 0.717) is 21.9 Å². The molecule has 2 N–H and O–H groups in total. The summed E-state index contributed by atoms with van der Waals surface area (Å²) in [6, 6.07) is 5.79. The highest BCUT2D eigenvalue weighted by Gasteiger charge is 2.17. The highest BCUT2D eigenvalue weighted by molar-refractivity contribution is 9.13. The molecule has 6 heteroatoms. The first-order valence-corrected chi connectivity index (χ1v) is 6.85. The minimum absolute atomic E-state index is 0.572. The van der Waals surface area contributed by atoms with Crippen LogP contribution >= 0.6 is 31.9 Å². The average molecular weight is 371 g/mol. The molecule has 0 aliphatic carbocycles. The molecule has 18 heavy (non-hydrogen) atoms. The number of aromatic nitrogens is 2. The quantitative estimate of drug-likeness (QED) is 0.704. The summed E-state index contributed by atoms with van der Waals surface area (Å²) in [4.78, 5) is 4.54. The van der Waals surface area contributed by atoms with Crippen molar-refractivity contribution in [2.45, 2.75) is 6.92 Å². The Bertz CT molecular complexity index is 726. The van der Waals surface area contributed by atoms with Crippen LogP contribution < -0.4 is 5.73 Å². The van der Waals surface area contributed by atoms with Crippen molar-refractivity contribution in [1.82, 2.24) is 9.38 Å². The minimum atomic E-state index is 0.572. The summed E-state index contributed by atoms with van der Waals surface area (Å²) in [5.74, 6) is 1.21. The van der Waals surface area contributed by atoms with E-state index >= 15 is 0 Å². The fourth-order valence-corrected chi connectivity index (χ4v) is 2.44. The third-order valence-corrected chi connectivity index (χ3v) is 4.47. The molecule has 0 unspecified atom stereocenters. The van der Waals surface area contributed by atoms with Crippen molar-refractivity contribution >= 4 is 43.3 Å². The van der Waals surface area contributed by atoms with Crippen LogP contribution in [0.2, 0.25) is 0 Å². The van der Waals surface area contributed by atoms with Crippen LogP contribution in [0, 0.1) is 6.92 Å². The number of nitrogens with zero attached hydrogens (tertiary/aromatic N) is 2. The molecule has 0 fully saturated rings. The van der Waals surface area contributed by atoms with Crippen LogP contribution in [-0.2, 0) is 0 Å². The number of furan rings is 1. The topological polar surface area (TPSA) is 56.5 Å². The van der Waals surface area contributed by atoms with E-state index in [1.807, 2.05) is 35.7 Å². The fourth-order valence-electron chi connectivity index (χ4n) is 1.87. The zero-order valence-corrected chi connectivity index (χ0v) is 12.6. The predicted molar refractivity (Wildman–Crippen MR) is 77.4 cm³/mol. The van der Waals surface area contributed by atoms with E-state index in [0.717, 1.165) is 15.7 Å². The van der Waals surface area contributed by atoms with Crippen LogP contribution in [0.25, 0.3) is 17.1 Å². The summed E-state index contributed by atoms with van der Waals surface area (Å²) in [6.07, 6.45) is 1.89. The average Bonchev–Trinajstić information content (AvgIpc) is 2.83. The van der Waals surface area contributed by atoms with Gasteiger partial charge in [0.15, 0.2) is 10.4 Å². The van der Waals surface area contributed by atoms with Gasteiger partial charge in [0, 0.05) is 12.3 Å². The molecule has 3 aromatic heterocycles. The first kappa shape index (κ1) is 11.8. The van der Waals surface area contributed by atoms with E-state index in [4.69, 9.17) is 10.2 Å². The number of nitrogens with two attached hydrogens (primary N) is 1. The Morgan fingerprint density at radius 3 is 2.78 bits per heavy atom. The van der Waals surface area contributed by atoms with Crippen molar-refractivity contribution in [3.8, 4) is 11.5 Å². The zero-order chi connectivity index (χ0) is 12.9. The molecule has 3 heterocycles. The lowest BCUT2D eigenvalue weighted by atomic mass is 10.3. The fraction of sp³-hybridized carbons (Fsp3) is 0.0833. The van der Waals surface area contributed by atoms with Crippen LogP contribution in [0.1, 0.15) is 5.56 Å². The van der Waals surface area contributed by atoms with Gasteiger partial charge in [-0.05, 0) is 50.4 Å². The third-order valence-electron chi connectivity index (χ3n) is 2.76. The van der Waals surface area contributed by atoms with Gasteiger partial charge in [0.1, 0.15) is 17.2 Å². The van der Waals surface area contributed by atoms with Gasteiger partial charge < -0.3 is 10.2 Å². The number of pyridine rings is 1. The molecule has 3 rings (SSSR count). The monoisotopic (exact) mass is 369 g/mol. The van der Waals surface area contributed by atoms with Crippen molar-refractivity contribution in [2.24, 2.45) is 0 Å². The molecule has 0 bridgehead atoms. The summed E-state index contributed by atoms with van der Waals surface area (Å²) in [5.41, 5.74) is 8.67. The number of fused-ring (bicyclic) bond motifs is 1. The van der Waals surface area contributed by atoms with E-state index in [1.54, 1.807) is 0 Å². The predicted octanol–water partition coefficient (Wildman–Crippen LogP) is 4.01. The van der Waals surface area contributed by atoms with Gasteiger partial charge in [-0.1, -0.05) is 6.07 Å². The van der Waals surface area contributed by atoms with Crippen molar-refractivity contribution in [3.05, 3.63) is 39.1 Å². The SMILES string of the molecule is Cc1cccn2c(N)c(-c3cc(Br)c(Br)o3)nc12. The summed E-state index contributed by atoms with van der Waals surface area (Å²) >= 11 is 6.69. The molecular formula is C12H9Br2N3O. The number of imidazole rings is 1. The number of hydrogen-bond acceptors (Lipinski definition) is 3. The molecule has 0 aromatic carbocycles. The second-order valence-corrected chi connectivity index (χ2v) is 5.54. The molecular weight excluding hydrogens is 362 g/mol. The lowest BCUT2D eigenvalue weighted by Gasteiger charge is -1.97. The van der Waals surface area contributed by atoms with Gasteiger partial charge in [-0.15, -0.1) is 0 Å². The van der Waals surface area contributed by atoms with Gasteiger partial charge in [-0.2, -0.15) is 0 Å². The first-order valence-electron chi connectivity index (χ1n) is 5.26. The molecule has 0 radical (unpaired) electrons. The van der Waals surface area contributed by atoms with Gasteiger partial charge in [0.05, 0.1) is 4.47 Å². The summed E-state index contributed by atoms with van der Waals surface area (Å²) < 4.78 is 8.89. The number of rotatable bonds is 1. The molecule has 0 aliphatic heterocycles. The minimum Gasteiger partial charge on any atom is -0.446 e. The van der Waals surface area contributed by atoms with E-state index in [1.165, 1.54) is 0 Å². The van der Waals surface area contributed by atoms with Gasteiger partial charge >= 0.3 is 0 Å². The molecule has 92 valence electrons. The third kappa shape index (κ3) is 1.67. The molecule has 0 saturated carbocycles. The molecule has 3 aromatic rings. The van der Waals surface area contributed by atoms with Crippen LogP contribution in [0.3, 0.4) is 0 Å². The number of halogens is 2. The van der Waals surface area contributed by atoms with Crippen molar-refractivity contribution < 1.29 is 4.42 Å². The number of hydrogen-bond donors (Lipinski definition) is 1. The Balaban J connectivity index is 2.30. The van der Waals surface area contributed by atoms with E-state index in [9.17, 15) is 0 Å². The summed E-state index contributed by atoms with van der Waals surface area (Å²) in [5, 5.41) is 0. The summed E-state index contributed by atoms with van der Waals surface area (Å²) in [6.45, 7) is 2.00. The van der Waals surface area contributed by atoms with Gasteiger partial charge in [0.2, 0.25) is 0 Å². The largest absolute Gasteiger partial charge is 0.446 e. The van der Waals surface area contributed by atoms with Gasteiger partial charge in [-0.3, -0.25) is 4.40 Å². The maximum absolute atomic E-state index is 6.11. The Labute approximate surface area is 120 Å². The van der Waals surface area contributed by atoms with Crippen LogP contribution in [0.4, 0.5) is 5.82 Å². The van der Waals surface area contributed by atoms with E-state index in [2.05, 4.69) is 36.8 Å². The lowest BCUT2D eigenvalue weighted by Crippen LogP contribution is -1.93.